The lowest BCUT2D eigenvalue weighted by Gasteiger charge is -2.13. The Morgan fingerprint density at radius 1 is 1.40 bits per heavy atom. The summed E-state index contributed by atoms with van der Waals surface area (Å²) >= 11 is 0. The molecule has 0 radical (unpaired) electrons. The average Bonchev–Trinajstić information content (AvgIpc) is 3.27. The van der Waals surface area contributed by atoms with E-state index in [-0.39, 0.29) is 18.6 Å². The van der Waals surface area contributed by atoms with Gasteiger partial charge in [-0.15, -0.1) is 0 Å². The molecule has 1 aromatic carbocycles. The number of aliphatic hydroxyl groups excluding tert-OH is 1. The Balaban J connectivity index is 1.79. The van der Waals surface area contributed by atoms with Crippen LogP contribution in [0, 0.1) is 5.92 Å². The summed E-state index contributed by atoms with van der Waals surface area (Å²) in [5.74, 6) is 1.47. The molecule has 4 heteroatoms. The highest BCUT2D eigenvalue weighted by atomic mass is 16.5. The molecule has 1 aliphatic rings. The summed E-state index contributed by atoms with van der Waals surface area (Å²) in [7, 11) is 0. The van der Waals surface area contributed by atoms with Gasteiger partial charge in [0.05, 0.1) is 6.61 Å². The molecule has 1 saturated carbocycles. The van der Waals surface area contributed by atoms with Crippen molar-refractivity contribution in [2.75, 3.05) is 13.2 Å². The number of carbonyl (C=O) groups excluding carboxylic acids is 1. The zero-order valence-electron chi connectivity index (χ0n) is 12.0. The van der Waals surface area contributed by atoms with Crippen molar-refractivity contribution >= 4 is 5.91 Å². The molecule has 4 nitrogen and oxygen atoms in total. The van der Waals surface area contributed by atoms with E-state index in [2.05, 4.69) is 5.32 Å². The quantitative estimate of drug-likeness (QED) is 0.767. The van der Waals surface area contributed by atoms with Crippen LogP contribution in [-0.2, 0) is 0 Å². The summed E-state index contributed by atoms with van der Waals surface area (Å²) in [6, 6.07) is 7.33. The van der Waals surface area contributed by atoms with Gasteiger partial charge in [0.2, 0.25) is 0 Å². The van der Waals surface area contributed by atoms with Gasteiger partial charge >= 0.3 is 0 Å². The Bertz CT molecular complexity index is 426. The number of nitrogens with one attached hydrogen (secondary N) is 1. The minimum absolute atomic E-state index is 0.0699. The van der Waals surface area contributed by atoms with E-state index in [4.69, 9.17) is 9.84 Å². The SMILES string of the molecule is CC(CCCO)NC(=O)c1ccc(OCC2CC2)cc1. The summed E-state index contributed by atoms with van der Waals surface area (Å²) < 4.78 is 5.64. The van der Waals surface area contributed by atoms with E-state index in [0.717, 1.165) is 24.7 Å². The van der Waals surface area contributed by atoms with Gasteiger partial charge in [0.1, 0.15) is 5.75 Å². The van der Waals surface area contributed by atoms with Crippen LogP contribution >= 0.6 is 0 Å². The number of rotatable bonds is 8. The van der Waals surface area contributed by atoms with E-state index in [9.17, 15) is 4.79 Å². The molecule has 0 aromatic heterocycles. The second-order valence-corrected chi connectivity index (χ2v) is 5.52. The van der Waals surface area contributed by atoms with Crippen molar-refractivity contribution in [2.24, 2.45) is 5.92 Å². The van der Waals surface area contributed by atoms with Crippen LogP contribution in [0.2, 0.25) is 0 Å². The summed E-state index contributed by atoms with van der Waals surface area (Å²) in [6.07, 6.45) is 4.03. The van der Waals surface area contributed by atoms with Gasteiger partial charge in [-0.3, -0.25) is 4.79 Å². The molecule has 1 unspecified atom stereocenters. The van der Waals surface area contributed by atoms with E-state index in [1.165, 1.54) is 12.8 Å². The Labute approximate surface area is 120 Å². The summed E-state index contributed by atoms with van der Waals surface area (Å²) in [6.45, 7) is 2.89. The van der Waals surface area contributed by atoms with E-state index in [0.29, 0.717) is 12.0 Å². The van der Waals surface area contributed by atoms with Crippen molar-refractivity contribution in [3.63, 3.8) is 0 Å². The molecule has 0 heterocycles. The lowest BCUT2D eigenvalue weighted by Crippen LogP contribution is -2.32. The molecular weight excluding hydrogens is 254 g/mol. The largest absolute Gasteiger partial charge is 0.493 e. The number of ether oxygens (including phenoxy) is 1. The summed E-state index contributed by atoms with van der Waals surface area (Å²) in [4.78, 5) is 12.0. The lowest BCUT2D eigenvalue weighted by molar-refractivity contribution is 0.0936. The van der Waals surface area contributed by atoms with E-state index in [1.807, 2.05) is 19.1 Å². The second kappa shape index (κ2) is 7.29. The molecule has 110 valence electrons. The number of amides is 1. The van der Waals surface area contributed by atoms with Crippen LogP contribution in [0.25, 0.3) is 0 Å². The van der Waals surface area contributed by atoms with Gasteiger partial charge in [-0.2, -0.15) is 0 Å². The van der Waals surface area contributed by atoms with Crippen molar-refractivity contribution in [1.82, 2.24) is 5.32 Å². The number of benzene rings is 1. The van der Waals surface area contributed by atoms with Crippen molar-refractivity contribution in [3.05, 3.63) is 29.8 Å². The molecule has 1 aromatic rings. The molecule has 1 aliphatic carbocycles. The van der Waals surface area contributed by atoms with E-state index >= 15 is 0 Å². The maximum atomic E-state index is 12.0. The standard InChI is InChI=1S/C16H23NO3/c1-12(3-2-10-18)17-16(19)14-6-8-15(9-7-14)20-11-13-4-5-13/h6-9,12-13,18H,2-5,10-11H2,1H3,(H,17,19). The summed E-state index contributed by atoms with van der Waals surface area (Å²) in [5.41, 5.74) is 0.639. The predicted octanol–water partition coefficient (Wildman–Crippen LogP) is 2.37. The first-order chi connectivity index (χ1) is 9.69. The van der Waals surface area contributed by atoms with Crippen LogP contribution in [0.4, 0.5) is 0 Å². The third-order valence-corrected chi connectivity index (χ3v) is 3.47. The fourth-order valence-electron chi connectivity index (χ4n) is 1.98. The minimum atomic E-state index is -0.0795. The van der Waals surface area contributed by atoms with Crippen LogP contribution in [0.1, 0.15) is 43.0 Å². The van der Waals surface area contributed by atoms with Gasteiger partial charge < -0.3 is 15.2 Å². The van der Waals surface area contributed by atoms with Gasteiger partial charge in [0.25, 0.3) is 5.91 Å². The maximum Gasteiger partial charge on any atom is 0.251 e. The highest BCUT2D eigenvalue weighted by Gasteiger charge is 2.21. The predicted molar refractivity (Wildman–Crippen MR) is 77.9 cm³/mol. The van der Waals surface area contributed by atoms with Gasteiger partial charge in [-0.1, -0.05) is 0 Å². The summed E-state index contributed by atoms with van der Waals surface area (Å²) in [5, 5.41) is 11.7. The molecule has 0 aliphatic heterocycles. The monoisotopic (exact) mass is 277 g/mol. The van der Waals surface area contributed by atoms with Crippen molar-refractivity contribution < 1.29 is 14.6 Å². The average molecular weight is 277 g/mol. The number of hydrogen-bond acceptors (Lipinski definition) is 3. The zero-order chi connectivity index (χ0) is 14.4. The topological polar surface area (TPSA) is 58.6 Å². The van der Waals surface area contributed by atoms with Crippen LogP contribution in [0.3, 0.4) is 0 Å². The third kappa shape index (κ3) is 4.85. The Morgan fingerprint density at radius 3 is 2.70 bits per heavy atom. The first-order valence-electron chi connectivity index (χ1n) is 7.33. The Kier molecular flexibility index (Phi) is 5.41. The van der Waals surface area contributed by atoms with Crippen LogP contribution in [-0.4, -0.2) is 30.3 Å². The van der Waals surface area contributed by atoms with Crippen LogP contribution in [0.15, 0.2) is 24.3 Å². The lowest BCUT2D eigenvalue weighted by atomic mass is 10.1. The fraction of sp³-hybridized carbons (Fsp3) is 0.562. The normalized spacial score (nSPS) is 15.7. The first-order valence-corrected chi connectivity index (χ1v) is 7.33. The molecule has 0 spiro atoms. The number of aliphatic hydroxyl groups is 1. The third-order valence-electron chi connectivity index (χ3n) is 3.47. The molecule has 1 atom stereocenters. The second-order valence-electron chi connectivity index (χ2n) is 5.52. The van der Waals surface area contributed by atoms with Crippen molar-refractivity contribution in [2.45, 2.75) is 38.6 Å². The minimum Gasteiger partial charge on any atom is -0.493 e. The number of hydrogen-bond donors (Lipinski definition) is 2. The van der Waals surface area contributed by atoms with Crippen LogP contribution in [0.5, 0.6) is 5.75 Å². The molecule has 1 fully saturated rings. The molecule has 0 bridgehead atoms. The Morgan fingerprint density at radius 2 is 2.10 bits per heavy atom. The zero-order valence-corrected chi connectivity index (χ0v) is 12.0. The van der Waals surface area contributed by atoms with Crippen molar-refractivity contribution in [1.29, 1.82) is 0 Å². The first kappa shape index (κ1) is 14.9. The van der Waals surface area contributed by atoms with Gasteiger partial charge in [-0.25, -0.2) is 0 Å². The van der Waals surface area contributed by atoms with Crippen LogP contribution < -0.4 is 10.1 Å². The smallest absolute Gasteiger partial charge is 0.251 e. The maximum absolute atomic E-state index is 12.0. The molecule has 1 amide bonds. The van der Waals surface area contributed by atoms with E-state index in [1.54, 1.807) is 12.1 Å². The number of carbonyl (C=O) groups is 1. The molecular formula is C16H23NO3. The molecule has 20 heavy (non-hydrogen) atoms. The fourth-order valence-corrected chi connectivity index (χ4v) is 1.98. The van der Waals surface area contributed by atoms with E-state index < -0.39 is 0 Å². The molecule has 0 saturated heterocycles. The molecule has 2 N–H and O–H groups in total. The van der Waals surface area contributed by atoms with Gasteiger partial charge in [0, 0.05) is 18.2 Å². The Hall–Kier alpha value is -1.55. The molecule has 2 rings (SSSR count). The highest BCUT2D eigenvalue weighted by Crippen LogP contribution is 2.29. The van der Waals surface area contributed by atoms with Gasteiger partial charge in [-0.05, 0) is 62.8 Å². The highest BCUT2D eigenvalue weighted by molar-refractivity contribution is 5.94. The van der Waals surface area contributed by atoms with Crippen molar-refractivity contribution in [3.8, 4) is 5.75 Å². The van der Waals surface area contributed by atoms with Gasteiger partial charge in [0.15, 0.2) is 0 Å².